The van der Waals surface area contributed by atoms with Crippen LogP contribution in [0.3, 0.4) is 0 Å². The van der Waals surface area contributed by atoms with Crippen molar-refractivity contribution in [3.63, 3.8) is 0 Å². The van der Waals surface area contributed by atoms with E-state index in [-0.39, 0.29) is 5.92 Å². The number of aromatic nitrogens is 1. The van der Waals surface area contributed by atoms with Crippen LogP contribution in [-0.4, -0.2) is 4.57 Å². The Hall–Kier alpha value is -6.30. The largest absolute Gasteiger partial charge is 0.314 e. The zero-order chi connectivity index (χ0) is 34.4. The van der Waals surface area contributed by atoms with E-state index in [2.05, 4.69) is 185 Å². The second-order valence-electron chi connectivity index (χ2n) is 14.2. The van der Waals surface area contributed by atoms with Gasteiger partial charge in [-0.2, -0.15) is 0 Å². The minimum atomic E-state index is 0.205. The first kappa shape index (κ1) is 30.5. The van der Waals surface area contributed by atoms with Gasteiger partial charge in [0.1, 0.15) is 0 Å². The number of hydrogen-bond acceptors (Lipinski definition) is 1. The smallest absolute Gasteiger partial charge is 0.0541 e. The average Bonchev–Trinajstić information content (AvgIpc) is 3.71. The number of fused-ring (bicyclic) bond motifs is 6. The van der Waals surface area contributed by atoms with Gasteiger partial charge in [-0.05, 0) is 102 Å². The third kappa shape index (κ3) is 5.21. The Labute approximate surface area is 305 Å². The Kier molecular flexibility index (Phi) is 7.51. The highest BCUT2D eigenvalue weighted by atomic mass is 15.2. The summed E-state index contributed by atoms with van der Waals surface area (Å²) in [6.45, 7) is 0. The van der Waals surface area contributed by atoms with E-state index in [9.17, 15) is 0 Å². The van der Waals surface area contributed by atoms with Crippen molar-refractivity contribution in [2.45, 2.75) is 37.0 Å². The summed E-state index contributed by atoms with van der Waals surface area (Å²) >= 11 is 0. The van der Waals surface area contributed by atoms with Crippen LogP contribution in [0.15, 0.2) is 187 Å². The highest BCUT2D eigenvalue weighted by Crippen LogP contribution is 2.52. The number of allylic oxidation sites excluding steroid dienone is 11. The minimum absolute atomic E-state index is 0.205. The summed E-state index contributed by atoms with van der Waals surface area (Å²) in [4.78, 5) is 2.50. The van der Waals surface area contributed by atoms with Crippen molar-refractivity contribution >= 4 is 33.1 Å². The molecule has 2 nitrogen and oxygen atoms in total. The standard InChI is InChI=1S/C50H38N2/c1-2-5-13-35(14-6-3-1)37-21-27-41(28-22-37)51-47-19-11-9-17-43(47)45-33-39(25-31-49(45)51)40-26-32-50-46(34-40)44-18-10-12-20-48(44)52(50)42-29-23-38(24-30-42)36-15-7-4-8-16-36/h1-5,7-12,15-23,25-33,35,38,46H,13,24,34H2/b3-1?,5-2-. The molecule has 3 unspecified atom stereocenters. The Balaban J connectivity index is 0.991. The zero-order valence-electron chi connectivity index (χ0n) is 29.0. The molecular weight excluding hydrogens is 629 g/mol. The Morgan fingerprint density at radius 2 is 1.50 bits per heavy atom. The normalized spacial score (nSPS) is 21.0. The number of rotatable bonds is 5. The molecule has 0 bridgehead atoms. The zero-order valence-corrected chi connectivity index (χ0v) is 29.0. The first-order chi connectivity index (χ1) is 25.8. The van der Waals surface area contributed by atoms with Gasteiger partial charge in [0.25, 0.3) is 0 Å². The fraction of sp³-hybridized carbons (Fsp3) is 0.120. The molecule has 2 heteroatoms. The number of benzene rings is 5. The van der Waals surface area contributed by atoms with Crippen LogP contribution in [0.25, 0.3) is 33.1 Å². The molecule has 0 amide bonds. The average molecular weight is 667 g/mol. The Morgan fingerprint density at radius 3 is 2.38 bits per heavy atom. The molecule has 0 N–H and O–H groups in total. The summed E-state index contributed by atoms with van der Waals surface area (Å²) in [5.41, 5.74) is 14.3. The molecule has 5 aromatic carbocycles. The van der Waals surface area contributed by atoms with Crippen LogP contribution in [0.2, 0.25) is 0 Å². The van der Waals surface area contributed by atoms with E-state index in [1.165, 1.54) is 72.4 Å². The van der Waals surface area contributed by atoms with Crippen LogP contribution < -0.4 is 4.90 Å². The molecule has 3 aliphatic carbocycles. The summed E-state index contributed by atoms with van der Waals surface area (Å²) in [5, 5.41) is 2.57. The van der Waals surface area contributed by atoms with Gasteiger partial charge in [-0.15, -0.1) is 0 Å². The van der Waals surface area contributed by atoms with Gasteiger partial charge in [0, 0.05) is 51.3 Å². The maximum absolute atomic E-state index is 3.42. The van der Waals surface area contributed by atoms with Crippen LogP contribution in [0.4, 0.5) is 5.69 Å². The summed E-state index contributed by atoms with van der Waals surface area (Å²) in [7, 11) is 0. The molecule has 248 valence electrons. The number of anilines is 1. The third-order valence-electron chi connectivity index (χ3n) is 11.3. The second-order valence-corrected chi connectivity index (χ2v) is 14.2. The lowest BCUT2D eigenvalue weighted by Crippen LogP contribution is -2.21. The van der Waals surface area contributed by atoms with Crippen molar-refractivity contribution in [1.82, 2.24) is 4.57 Å². The van der Waals surface area contributed by atoms with Gasteiger partial charge in [0.2, 0.25) is 0 Å². The van der Waals surface area contributed by atoms with Crippen molar-refractivity contribution in [3.05, 3.63) is 210 Å². The summed E-state index contributed by atoms with van der Waals surface area (Å²) < 4.78 is 2.41. The van der Waals surface area contributed by atoms with Crippen LogP contribution in [0.1, 0.15) is 59.3 Å². The molecule has 2 heterocycles. The highest BCUT2D eigenvalue weighted by Gasteiger charge is 2.37. The van der Waals surface area contributed by atoms with Gasteiger partial charge in [-0.25, -0.2) is 0 Å². The van der Waals surface area contributed by atoms with Crippen LogP contribution in [-0.2, 0) is 0 Å². The number of hydrogen-bond donors (Lipinski definition) is 0. The predicted molar refractivity (Wildman–Crippen MR) is 218 cm³/mol. The molecular formula is C50H38N2. The van der Waals surface area contributed by atoms with E-state index in [1.807, 2.05) is 12.2 Å². The van der Waals surface area contributed by atoms with Crippen molar-refractivity contribution in [1.29, 1.82) is 0 Å². The Morgan fingerprint density at radius 1 is 0.673 bits per heavy atom. The van der Waals surface area contributed by atoms with Crippen molar-refractivity contribution in [2.75, 3.05) is 4.90 Å². The second kappa shape index (κ2) is 12.8. The SMILES string of the molecule is C1#CC(c2ccc(-n3c4ccccc4c4cc(C5=CC=C6C(C5)c5ccccc5N6C5=CCC(c6ccccc6)C=C5)ccc43)cc2)C/C=C\C=C1. The van der Waals surface area contributed by atoms with Crippen LogP contribution >= 0.6 is 0 Å². The highest BCUT2D eigenvalue weighted by molar-refractivity contribution is 6.10. The Bertz CT molecular complexity index is 2610. The van der Waals surface area contributed by atoms with Gasteiger partial charge in [0.05, 0.1) is 11.0 Å². The third-order valence-corrected chi connectivity index (χ3v) is 11.3. The predicted octanol–water partition coefficient (Wildman–Crippen LogP) is 12.3. The molecule has 0 radical (unpaired) electrons. The molecule has 52 heavy (non-hydrogen) atoms. The van der Waals surface area contributed by atoms with E-state index in [1.54, 1.807) is 0 Å². The van der Waals surface area contributed by atoms with E-state index < -0.39 is 0 Å². The van der Waals surface area contributed by atoms with E-state index in [0.29, 0.717) is 11.8 Å². The van der Waals surface area contributed by atoms with E-state index >= 15 is 0 Å². The van der Waals surface area contributed by atoms with E-state index in [4.69, 9.17) is 0 Å². The van der Waals surface area contributed by atoms with Crippen molar-refractivity contribution in [2.24, 2.45) is 0 Å². The molecule has 0 saturated carbocycles. The molecule has 1 aliphatic heterocycles. The lowest BCUT2D eigenvalue weighted by Gasteiger charge is -2.29. The van der Waals surface area contributed by atoms with Gasteiger partial charge < -0.3 is 9.47 Å². The van der Waals surface area contributed by atoms with Gasteiger partial charge >= 0.3 is 0 Å². The van der Waals surface area contributed by atoms with E-state index in [0.717, 1.165) is 19.3 Å². The topological polar surface area (TPSA) is 8.17 Å². The quantitative estimate of drug-likeness (QED) is 0.166. The van der Waals surface area contributed by atoms with Gasteiger partial charge in [-0.3, -0.25) is 0 Å². The van der Waals surface area contributed by atoms with Gasteiger partial charge in [-0.1, -0.05) is 133 Å². The summed E-state index contributed by atoms with van der Waals surface area (Å²) in [5.74, 6) is 7.57. The van der Waals surface area contributed by atoms with Crippen LogP contribution in [0, 0.1) is 11.8 Å². The molecule has 0 spiro atoms. The first-order valence-corrected chi connectivity index (χ1v) is 18.5. The first-order valence-electron chi connectivity index (χ1n) is 18.5. The van der Waals surface area contributed by atoms with Crippen molar-refractivity contribution in [3.8, 4) is 17.5 Å². The number of nitrogens with zero attached hydrogens (tertiary/aromatic N) is 2. The number of para-hydroxylation sites is 2. The van der Waals surface area contributed by atoms with Crippen molar-refractivity contribution < 1.29 is 0 Å². The lowest BCUT2D eigenvalue weighted by atomic mass is 9.84. The molecule has 0 fully saturated rings. The maximum atomic E-state index is 3.42. The molecule has 10 rings (SSSR count). The fourth-order valence-electron chi connectivity index (χ4n) is 8.67. The molecule has 1 aromatic heterocycles. The fourth-order valence-corrected chi connectivity index (χ4v) is 8.67. The molecule has 4 aliphatic rings. The van der Waals surface area contributed by atoms with Gasteiger partial charge in [0.15, 0.2) is 0 Å². The minimum Gasteiger partial charge on any atom is -0.314 e. The van der Waals surface area contributed by atoms with Crippen LogP contribution in [0.5, 0.6) is 0 Å². The molecule has 3 atom stereocenters. The lowest BCUT2D eigenvalue weighted by molar-refractivity contribution is 0.810. The summed E-state index contributed by atoms with van der Waals surface area (Å²) in [6.07, 6.45) is 23.0. The monoisotopic (exact) mass is 666 g/mol. The molecule has 6 aromatic rings. The maximum Gasteiger partial charge on any atom is 0.0541 e. The summed E-state index contributed by atoms with van der Waals surface area (Å²) in [6, 6.07) is 44.8. The molecule has 0 saturated heterocycles.